The van der Waals surface area contributed by atoms with Crippen LogP contribution in [0.25, 0.3) is 5.69 Å². The second-order valence-electron chi connectivity index (χ2n) is 5.76. The fourth-order valence-electron chi connectivity index (χ4n) is 2.62. The fourth-order valence-corrected chi connectivity index (χ4v) is 2.62. The molecule has 0 aliphatic carbocycles. The predicted octanol–water partition coefficient (Wildman–Crippen LogP) is 1.50. The molecule has 124 valence electrons. The van der Waals surface area contributed by atoms with E-state index in [0.29, 0.717) is 5.56 Å². The van der Waals surface area contributed by atoms with Gasteiger partial charge in [0.2, 0.25) is 0 Å². The number of tetrazole rings is 1. The normalized spacial score (nSPS) is 12.2. The Labute approximate surface area is 139 Å². The second kappa shape index (κ2) is 6.23. The summed E-state index contributed by atoms with van der Waals surface area (Å²) >= 11 is 0. The van der Waals surface area contributed by atoms with Crippen molar-refractivity contribution >= 4 is 5.91 Å². The highest BCUT2D eigenvalue weighted by molar-refractivity contribution is 5.94. The van der Waals surface area contributed by atoms with Crippen LogP contribution in [0.3, 0.4) is 0 Å². The van der Waals surface area contributed by atoms with Crippen LogP contribution in [0.4, 0.5) is 0 Å². The van der Waals surface area contributed by atoms with Crippen LogP contribution in [-0.4, -0.2) is 35.9 Å². The maximum Gasteiger partial charge on any atom is 0.251 e. The van der Waals surface area contributed by atoms with E-state index >= 15 is 0 Å². The second-order valence-corrected chi connectivity index (χ2v) is 5.76. The number of nitrogens with one attached hydrogen (secondary N) is 1. The molecule has 8 nitrogen and oxygen atoms in total. The number of rotatable bonds is 4. The lowest BCUT2D eigenvalue weighted by molar-refractivity contribution is 0.0939. The van der Waals surface area contributed by atoms with Crippen molar-refractivity contribution in [2.24, 2.45) is 7.05 Å². The molecule has 8 heteroatoms. The summed E-state index contributed by atoms with van der Waals surface area (Å²) in [7, 11) is 1.88. The average Bonchev–Trinajstić information content (AvgIpc) is 3.18. The molecule has 0 bridgehead atoms. The maximum atomic E-state index is 12.5. The summed E-state index contributed by atoms with van der Waals surface area (Å²) in [5.74, 6) is -0.128. The standard InChI is InChI=1S/C16H19N7O/c1-10-7-13(5-6-15(10)23-9-17-20-21-23)16(24)19-11(2)14-8-18-22(4)12(14)3/h5-9,11H,1-4H3,(H,19,24)/t11-/m0/s1. The van der Waals surface area contributed by atoms with Gasteiger partial charge in [-0.2, -0.15) is 5.10 Å². The Hall–Kier alpha value is -3.03. The van der Waals surface area contributed by atoms with Crippen LogP contribution in [0.15, 0.2) is 30.7 Å². The van der Waals surface area contributed by atoms with Crippen molar-refractivity contribution in [3.05, 3.63) is 53.1 Å². The SMILES string of the molecule is Cc1cc(C(=O)N[C@@H](C)c2cnn(C)c2C)ccc1-n1cnnn1. The predicted molar refractivity (Wildman–Crippen MR) is 87.7 cm³/mol. The third kappa shape index (κ3) is 2.90. The Bertz CT molecular complexity index is 867. The molecule has 0 spiro atoms. The van der Waals surface area contributed by atoms with Gasteiger partial charge in [-0.1, -0.05) is 0 Å². The smallest absolute Gasteiger partial charge is 0.251 e. The summed E-state index contributed by atoms with van der Waals surface area (Å²) in [5.41, 5.74) is 4.39. The van der Waals surface area contributed by atoms with Gasteiger partial charge in [-0.05, 0) is 55.0 Å². The Morgan fingerprint density at radius 3 is 2.67 bits per heavy atom. The van der Waals surface area contributed by atoms with Gasteiger partial charge < -0.3 is 5.32 Å². The maximum absolute atomic E-state index is 12.5. The number of aromatic nitrogens is 6. The molecule has 1 aromatic carbocycles. The number of aryl methyl sites for hydroxylation is 2. The Balaban J connectivity index is 1.78. The molecule has 0 saturated carbocycles. The molecule has 0 aliphatic rings. The van der Waals surface area contributed by atoms with Crippen LogP contribution < -0.4 is 5.32 Å². The van der Waals surface area contributed by atoms with E-state index in [4.69, 9.17) is 0 Å². The van der Waals surface area contributed by atoms with E-state index in [1.54, 1.807) is 21.6 Å². The van der Waals surface area contributed by atoms with Crippen molar-refractivity contribution in [1.82, 2.24) is 35.3 Å². The summed E-state index contributed by atoms with van der Waals surface area (Å²) in [6.45, 7) is 5.85. The largest absolute Gasteiger partial charge is 0.345 e. The van der Waals surface area contributed by atoms with Gasteiger partial charge in [0.1, 0.15) is 6.33 Å². The van der Waals surface area contributed by atoms with Crippen molar-refractivity contribution in [2.45, 2.75) is 26.8 Å². The zero-order chi connectivity index (χ0) is 17.3. The number of amides is 1. The van der Waals surface area contributed by atoms with Crippen LogP contribution in [0.1, 0.15) is 40.1 Å². The molecular formula is C16H19N7O. The summed E-state index contributed by atoms with van der Waals surface area (Å²) in [4.78, 5) is 12.5. The van der Waals surface area contributed by atoms with Crippen molar-refractivity contribution < 1.29 is 4.79 Å². The Kier molecular flexibility index (Phi) is 4.11. The zero-order valence-corrected chi connectivity index (χ0v) is 14.1. The van der Waals surface area contributed by atoms with E-state index in [9.17, 15) is 4.79 Å². The topological polar surface area (TPSA) is 90.5 Å². The van der Waals surface area contributed by atoms with E-state index in [2.05, 4.69) is 25.9 Å². The van der Waals surface area contributed by atoms with Crippen LogP contribution in [0.5, 0.6) is 0 Å². The molecule has 2 aromatic heterocycles. The molecule has 0 radical (unpaired) electrons. The van der Waals surface area contributed by atoms with Crippen LogP contribution >= 0.6 is 0 Å². The minimum atomic E-state index is -0.128. The number of carbonyl (C=O) groups is 1. The van der Waals surface area contributed by atoms with E-state index in [-0.39, 0.29) is 11.9 Å². The third-order valence-electron chi connectivity index (χ3n) is 4.14. The van der Waals surface area contributed by atoms with Crippen molar-refractivity contribution in [1.29, 1.82) is 0 Å². The highest BCUT2D eigenvalue weighted by atomic mass is 16.1. The Morgan fingerprint density at radius 2 is 2.08 bits per heavy atom. The highest BCUT2D eigenvalue weighted by Gasteiger charge is 2.16. The molecule has 3 aromatic rings. The first-order valence-corrected chi connectivity index (χ1v) is 7.60. The average molecular weight is 325 g/mol. The lowest BCUT2D eigenvalue weighted by Gasteiger charge is -2.14. The lowest BCUT2D eigenvalue weighted by atomic mass is 10.1. The summed E-state index contributed by atoms with van der Waals surface area (Å²) in [5, 5.41) is 18.3. The van der Waals surface area contributed by atoms with Crippen molar-refractivity contribution in [3.63, 3.8) is 0 Å². The molecule has 1 amide bonds. The molecule has 3 rings (SSSR count). The molecule has 0 unspecified atom stereocenters. The monoisotopic (exact) mass is 325 g/mol. The van der Waals surface area contributed by atoms with Gasteiger partial charge in [-0.3, -0.25) is 9.48 Å². The van der Waals surface area contributed by atoms with Gasteiger partial charge in [-0.15, -0.1) is 5.10 Å². The van der Waals surface area contributed by atoms with Crippen LogP contribution in [0.2, 0.25) is 0 Å². The molecule has 0 aliphatic heterocycles. The number of benzene rings is 1. The first kappa shape index (κ1) is 15.9. The quantitative estimate of drug-likeness (QED) is 0.785. The summed E-state index contributed by atoms with van der Waals surface area (Å²) < 4.78 is 3.36. The van der Waals surface area contributed by atoms with Crippen LogP contribution in [0, 0.1) is 13.8 Å². The minimum absolute atomic E-state index is 0.120. The van der Waals surface area contributed by atoms with Gasteiger partial charge >= 0.3 is 0 Å². The number of nitrogens with zero attached hydrogens (tertiary/aromatic N) is 6. The number of hydrogen-bond acceptors (Lipinski definition) is 5. The van der Waals surface area contributed by atoms with Gasteiger partial charge in [0.25, 0.3) is 5.91 Å². The lowest BCUT2D eigenvalue weighted by Crippen LogP contribution is -2.27. The summed E-state index contributed by atoms with van der Waals surface area (Å²) in [6.07, 6.45) is 3.31. The molecular weight excluding hydrogens is 306 g/mol. The van der Waals surface area contributed by atoms with Crippen LogP contribution in [-0.2, 0) is 7.05 Å². The first-order chi connectivity index (χ1) is 11.5. The molecule has 0 saturated heterocycles. The molecule has 0 fully saturated rings. The first-order valence-electron chi connectivity index (χ1n) is 7.60. The molecule has 2 heterocycles. The van der Waals surface area contributed by atoms with Gasteiger partial charge in [0.05, 0.1) is 17.9 Å². The summed E-state index contributed by atoms with van der Waals surface area (Å²) in [6, 6.07) is 5.31. The van der Waals surface area contributed by atoms with E-state index in [1.807, 2.05) is 40.0 Å². The number of carbonyl (C=O) groups excluding carboxylic acids is 1. The van der Waals surface area contributed by atoms with E-state index in [0.717, 1.165) is 22.5 Å². The fraction of sp³-hybridized carbons (Fsp3) is 0.312. The van der Waals surface area contributed by atoms with Gasteiger partial charge in [0, 0.05) is 23.9 Å². The van der Waals surface area contributed by atoms with Crippen molar-refractivity contribution in [2.75, 3.05) is 0 Å². The number of hydrogen-bond donors (Lipinski definition) is 1. The van der Waals surface area contributed by atoms with E-state index < -0.39 is 0 Å². The minimum Gasteiger partial charge on any atom is -0.345 e. The van der Waals surface area contributed by atoms with E-state index in [1.165, 1.54) is 6.33 Å². The van der Waals surface area contributed by atoms with Gasteiger partial charge in [-0.25, -0.2) is 4.68 Å². The van der Waals surface area contributed by atoms with Crippen molar-refractivity contribution in [3.8, 4) is 5.69 Å². The zero-order valence-electron chi connectivity index (χ0n) is 14.1. The highest BCUT2D eigenvalue weighted by Crippen LogP contribution is 2.18. The molecule has 1 N–H and O–H groups in total. The molecule has 1 atom stereocenters. The Morgan fingerprint density at radius 1 is 1.29 bits per heavy atom. The molecule has 24 heavy (non-hydrogen) atoms. The third-order valence-corrected chi connectivity index (χ3v) is 4.14. The van der Waals surface area contributed by atoms with Gasteiger partial charge in [0.15, 0.2) is 0 Å².